The number of fused-ring (bicyclic) bond motifs is 1. The normalized spacial score (nSPS) is 10.3. The molecule has 0 unspecified atom stereocenters. The molecule has 0 bridgehead atoms. The van der Waals surface area contributed by atoms with Gasteiger partial charge >= 0.3 is 0 Å². The summed E-state index contributed by atoms with van der Waals surface area (Å²) in [6.07, 6.45) is 1.87. The van der Waals surface area contributed by atoms with Crippen molar-refractivity contribution in [2.24, 2.45) is 5.84 Å². The maximum Gasteiger partial charge on any atom is 0.163 e. The van der Waals surface area contributed by atoms with Crippen molar-refractivity contribution in [1.29, 1.82) is 0 Å². The molecule has 0 aliphatic heterocycles. The summed E-state index contributed by atoms with van der Waals surface area (Å²) in [7, 11) is 0. The highest BCUT2D eigenvalue weighted by Gasteiger charge is 1.95. The summed E-state index contributed by atoms with van der Waals surface area (Å²) in [5, 5.41) is 4.11. The van der Waals surface area contributed by atoms with Crippen molar-refractivity contribution in [3.63, 3.8) is 0 Å². The molecule has 0 saturated carbocycles. The lowest BCUT2D eigenvalue weighted by Crippen LogP contribution is -2.06. The summed E-state index contributed by atoms with van der Waals surface area (Å²) in [5.41, 5.74) is 3.51. The first kappa shape index (κ1) is 6.18. The lowest BCUT2D eigenvalue weighted by atomic mass is 10.4. The Bertz CT molecular complexity index is 332. The molecule has 0 saturated heterocycles. The van der Waals surface area contributed by atoms with Crippen LogP contribution in [0.5, 0.6) is 0 Å². The highest BCUT2D eigenvalue weighted by Crippen LogP contribution is 2.07. The fraction of sp³-hybridized carbons (Fsp3) is 0. The van der Waals surface area contributed by atoms with Gasteiger partial charge in [0, 0.05) is 12.3 Å². The van der Waals surface area contributed by atoms with Crippen LogP contribution in [0.1, 0.15) is 0 Å². The third kappa shape index (κ3) is 0.929. The number of hydrogen-bond acceptors (Lipinski definition) is 3. The number of nitrogens with one attached hydrogen (secondary N) is 1. The number of aromatic nitrogens is 2. The minimum absolute atomic E-state index is 0.677. The van der Waals surface area contributed by atoms with Crippen LogP contribution < -0.4 is 11.3 Å². The van der Waals surface area contributed by atoms with Gasteiger partial charge in [-0.15, -0.1) is 5.10 Å². The van der Waals surface area contributed by atoms with E-state index < -0.39 is 0 Å². The van der Waals surface area contributed by atoms with E-state index in [2.05, 4.69) is 10.5 Å². The second-order valence-electron chi connectivity index (χ2n) is 2.24. The van der Waals surface area contributed by atoms with Crippen molar-refractivity contribution < 1.29 is 0 Å². The van der Waals surface area contributed by atoms with Gasteiger partial charge in [0.25, 0.3) is 0 Å². The van der Waals surface area contributed by atoms with E-state index in [1.165, 1.54) is 0 Å². The van der Waals surface area contributed by atoms with E-state index >= 15 is 0 Å². The Balaban J connectivity index is 2.69. The number of nitrogens with zero attached hydrogens (tertiary/aromatic N) is 2. The number of hydrogen-bond donors (Lipinski definition) is 2. The fourth-order valence-electron chi connectivity index (χ4n) is 1.01. The highest BCUT2D eigenvalue weighted by molar-refractivity contribution is 5.54. The van der Waals surface area contributed by atoms with E-state index in [1.807, 2.05) is 30.5 Å². The van der Waals surface area contributed by atoms with Crippen LogP contribution in [0.3, 0.4) is 0 Å². The molecular formula is C7H8N4. The van der Waals surface area contributed by atoms with Gasteiger partial charge in [-0.05, 0) is 12.1 Å². The average molecular weight is 148 g/mol. The Labute approximate surface area is 63.6 Å². The van der Waals surface area contributed by atoms with Gasteiger partial charge in [0.2, 0.25) is 0 Å². The SMILES string of the molecule is NNc1cc2ccccn2n1. The standard InChI is InChI=1S/C7H8N4/c8-9-7-5-6-3-1-2-4-11(6)10-7/h1-5H,8H2,(H,9,10). The number of anilines is 1. The lowest BCUT2D eigenvalue weighted by molar-refractivity contribution is 0.958. The molecular weight excluding hydrogens is 140 g/mol. The van der Waals surface area contributed by atoms with Crippen LogP contribution in [-0.2, 0) is 0 Å². The molecule has 0 aromatic carbocycles. The topological polar surface area (TPSA) is 55.3 Å². The highest BCUT2D eigenvalue weighted by atomic mass is 15.3. The van der Waals surface area contributed by atoms with E-state index in [1.54, 1.807) is 4.52 Å². The van der Waals surface area contributed by atoms with Crippen molar-refractivity contribution in [1.82, 2.24) is 9.61 Å². The molecule has 0 amide bonds. The van der Waals surface area contributed by atoms with E-state index in [9.17, 15) is 0 Å². The molecule has 0 aliphatic rings. The summed E-state index contributed by atoms with van der Waals surface area (Å²) in [4.78, 5) is 0. The molecule has 0 atom stereocenters. The predicted octanol–water partition coefficient (Wildman–Crippen LogP) is 0.620. The molecule has 56 valence electrons. The maximum atomic E-state index is 5.19. The van der Waals surface area contributed by atoms with Crippen LogP contribution in [0, 0.1) is 0 Å². The van der Waals surface area contributed by atoms with Crippen molar-refractivity contribution in [2.75, 3.05) is 5.43 Å². The van der Waals surface area contributed by atoms with E-state index in [0.29, 0.717) is 5.82 Å². The molecule has 2 aromatic rings. The van der Waals surface area contributed by atoms with E-state index in [-0.39, 0.29) is 0 Å². The Morgan fingerprint density at radius 2 is 2.36 bits per heavy atom. The van der Waals surface area contributed by atoms with Crippen LogP contribution in [0.25, 0.3) is 5.52 Å². The molecule has 2 aromatic heterocycles. The third-order valence-electron chi connectivity index (χ3n) is 1.52. The Morgan fingerprint density at radius 3 is 3.09 bits per heavy atom. The maximum absolute atomic E-state index is 5.19. The van der Waals surface area contributed by atoms with E-state index in [0.717, 1.165) is 5.52 Å². The molecule has 0 spiro atoms. The number of hydrazine groups is 1. The zero-order chi connectivity index (χ0) is 7.68. The molecule has 0 radical (unpaired) electrons. The van der Waals surface area contributed by atoms with Crippen LogP contribution in [0.4, 0.5) is 5.82 Å². The number of nitrogen functional groups attached to an aromatic ring is 1. The van der Waals surface area contributed by atoms with Crippen molar-refractivity contribution in [3.05, 3.63) is 30.5 Å². The van der Waals surface area contributed by atoms with Crippen LogP contribution >= 0.6 is 0 Å². The zero-order valence-electron chi connectivity index (χ0n) is 5.86. The number of nitrogens with two attached hydrogens (primary N) is 1. The smallest absolute Gasteiger partial charge is 0.163 e. The van der Waals surface area contributed by atoms with Crippen LogP contribution in [-0.4, -0.2) is 9.61 Å². The molecule has 11 heavy (non-hydrogen) atoms. The molecule has 0 aliphatic carbocycles. The Kier molecular flexibility index (Phi) is 1.26. The minimum Gasteiger partial charge on any atom is -0.307 e. The minimum atomic E-state index is 0.677. The zero-order valence-corrected chi connectivity index (χ0v) is 5.86. The van der Waals surface area contributed by atoms with Crippen LogP contribution in [0.2, 0.25) is 0 Å². The summed E-state index contributed by atoms with van der Waals surface area (Å²) < 4.78 is 1.76. The molecule has 2 heterocycles. The first-order valence-corrected chi connectivity index (χ1v) is 3.31. The largest absolute Gasteiger partial charge is 0.307 e. The summed E-state index contributed by atoms with van der Waals surface area (Å²) >= 11 is 0. The fourth-order valence-corrected chi connectivity index (χ4v) is 1.01. The first-order chi connectivity index (χ1) is 5.40. The summed E-state index contributed by atoms with van der Waals surface area (Å²) in [6.45, 7) is 0. The quantitative estimate of drug-likeness (QED) is 0.460. The second-order valence-corrected chi connectivity index (χ2v) is 2.24. The van der Waals surface area contributed by atoms with Gasteiger partial charge in [0.1, 0.15) is 0 Å². The third-order valence-corrected chi connectivity index (χ3v) is 1.52. The summed E-state index contributed by atoms with van der Waals surface area (Å²) in [5.74, 6) is 5.86. The van der Waals surface area contributed by atoms with Gasteiger partial charge < -0.3 is 5.43 Å². The molecule has 2 rings (SSSR count). The van der Waals surface area contributed by atoms with Gasteiger partial charge in [0.05, 0.1) is 5.52 Å². The van der Waals surface area contributed by atoms with Gasteiger partial charge in [-0.25, -0.2) is 10.4 Å². The second kappa shape index (κ2) is 2.25. The number of pyridine rings is 1. The number of rotatable bonds is 1. The first-order valence-electron chi connectivity index (χ1n) is 3.31. The van der Waals surface area contributed by atoms with Crippen molar-refractivity contribution >= 4 is 11.3 Å². The van der Waals surface area contributed by atoms with Gasteiger partial charge in [-0.2, -0.15) is 0 Å². The molecule has 3 N–H and O–H groups in total. The lowest BCUT2D eigenvalue weighted by Gasteiger charge is -1.88. The molecule has 0 fully saturated rings. The van der Waals surface area contributed by atoms with Crippen molar-refractivity contribution in [2.45, 2.75) is 0 Å². The predicted molar refractivity (Wildman–Crippen MR) is 43.0 cm³/mol. The average Bonchev–Trinajstić information content (AvgIpc) is 2.46. The van der Waals surface area contributed by atoms with Gasteiger partial charge in [0.15, 0.2) is 5.82 Å². The Hall–Kier alpha value is -1.55. The van der Waals surface area contributed by atoms with Crippen molar-refractivity contribution in [3.8, 4) is 0 Å². The van der Waals surface area contributed by atoms with Crippen LogP contribution in [0.15, 0.2) is 30.5 Å². The Morgan fingerprint density at radius 1 is 1.45 bits per heavy atom. The van der Waals surface area contributed by atoms with E-state index in [4.69, 9.17) is 5.84 Å². The van der Waals surface area contributed by atoms with Gasteiger partial charge in [-0.3, -0.25) is 0 Å². The monoisotopic (exact) mass is 148 g/mol. The molecule has 4 nitrogen and oxygen atoms in total. The summed E-state index contributed by atoms with van der Waals surface area (Å²) in [6, 6.07) is 7.71. The molecule has 4 heteroatoms. The van der Waals surface area contributed by atoms with Gasteiger partial charge in [-0.1, -0.05) is 6.07 Å².